The summed E-state index contributed by atoms with van der Waals surface area (Å²) in [6.45, 7) is 6.34. The van der Waals surface area contributed by atoms with E-state index in [1.54, 1.807) is 24.3 Å². The fourth-order valence-electron chi connectivity index (χ4n) is 4.15. The van der Waals surface area contributed by atoms with Crippen LogP contribution < -0.4 is 5.32 Å². The first-order valence-electron chi connectivity index (χ1n) is 11.2. The van der Waals surface area contributed by atoms with Crippen LogP contribution in [0.4, 0.5) is 4.39 Å². The fourth-order valence-corrected chi connectivity index (χ4v) is 4.97. The standard InChI is InChI=1S/C23H28FN7O3S/c1-16-4-5-21(22(24)10-16)18-11-19(13-20(12-18)31-15-25-27-28-31)23(32)26-17(2)14-29-6-8-30(9-7-29)35(3,33)34/h4-5,10-13,15,17H,6-9,14H2,1-3H3,(H,26,32). The Morgan fingerprint density at radius 2 is 1.89 bits per heavy atom. The number of nitrogens with one attached hydrogen (secondary N) is 1. The molecule has 35 heavy (non-hydrogen) atoms. The van der Waals surface area contributed by atoms with E-state index in [2.05, 4.69) is 25.7 Å². The van der Waals surface area contributed by atoms with Gasteiger partial charge in [-0.25, -0.2) is 17.5 Å². The van der Waals surface area contributed by atoms with Crippen molar-refractivity contribution in [2.75, 3.05) is 39.0 Å². The van der Waals surface area contributed by atoms with Crippen LogP contribution in [0.3, 0.4) is 0 Å². The zero-order valence-corrected chi connectivity index (χ0v) is 20.7. The van der Waals surface area contributed by atoms with Crippen molar-refractivity contribution < 1.29 is 17.6 Å². The highest BCUT2D eigenvalue weighted by Crippen LogP contribution is 2.27. The fraction of sp³-hybridized carbons (Fsp3) is 0.391. The second-order valence-electron chi connectivity index (χ2n) is 8.84. The van der Waals surface area contributed by atoms with Crippen LogP contribution in [-0.4, -0.2) is 88.8 Å². The van der Waals surface area contributed by atoms with Gasteiger partial charge in [-0.15, -0.1) is 5.10 Å². The number of nitrogens with zero attached hydrogens (tertiary/aromatic N) is 6. The Balaban J connectivity index is 1.51. The molecule has 1 atom stereocenters. The number of carbonyl (C=O) groups is 1. The van der Waals surface area contributed by atoms with E-state index in [9.17, 15) is 17.6 Å². The first-order valence-corrected chi connectivity index (χ1v) is 13.1. The van der Waals surface area contributed by atoms with Crippen molar-refractivity contribution in [3.05, 3.63) is 59.7 Å². The zero-order chi connectivity index (χ0) is 25.2. The van der Waals surface area contributed by atoms with E-state index in [1.165, 1.54) is 27.6 Å². The Kier molecular flexibility index (Phi) is 7.24. The molecule has 2 heterocycles. The van der Waals surface area contributed by atoms with Gasteiger partial charge in [-0.1, -0.05) is 12.1 Å². The molecule has 3 aromatic rings. The predicted octanol–water partition coefficient (Wildman–Crippen LogP) is 1.47. The smallest absolute Gasteiger partial charge is 0.251 e. The number of amides is 1. The van der Waals surface area contributed by atoms with Crippen LogP contribution in [0.1, 0.15) is 22.8 Å². The minimum Gasteiger partial charge on any atom is -0.348 e. The molecule has 10 nitrogen and oxygen atoms in total. The normalized spacial score (nSPS) is 16.2. The third-order valence-corrected chi connectivity index (χ3v) is 7.24. The Morgan fingerprint density at radius 1 is 1.14 bits per heavy atom. The SMILES string of the molecule is Cc1ccc(-c2cc(C(=O)NC(C)CN3CCN(S(C)(=O)=O)CC3)cc(-n3cnnn3)c2)c(F)c1. The summed E-state index contributed by atoms with van der Waals surface area (Å²) in [4.78, 5) is 15.3. The van der Waals surface area contributed by atoms with Crippen LogP contribution in [0.15, 0.2) is 42.7 Å². The van der Waals surface area contributed by atoms with Gasteiger partial charge >= 0.3 is 0 Å². The number of piperazine rings is 1. The molecule has 0 aliphatic carbocycles. The number of tetrazole rings is 1. The second kappa shape index (κ2) is 10.2. The highest BCUT2D eigenvalue weighted by molar-refractivity contribution is 7.88. The van der Waals surface area contributed by atoms with Gasteiger partial charge in [0.05, 0.1) is 11.9 Å². The molecule has 1 aromatic heterocycles. The summed E-state index contributed by atoms with van der Waals surface area (Å²) >= 11 is 0. The predicted molar refractivity (Wildman–Crippen MR) is 129 cm³/mol. The van der Waals surface area contributed by atoms with Crippen LogP contribution in [0.25, 0.3) is 16.8 Å². The molecule has 1 N–H and O–H groups in total. The summed E-state index contributed by atoms with van der Waals surface area (Å²) in [7, 11) is -3.19. The molecule has 1 saturated heterocycles. The van der Waals surface area contributed by atoms with Crippen LogP contribution in [-0.2, 0) is 10.0 Å². The number of aromatic nitrogens is 4. The van der Waals surface area contributed by atoms with Gasteiger partial charge in [0.25, 0.3) is 5.91 Å². The van der Waals surface area contributed by atoms with Gasteiger partial charge in [-0.05, 0) is 59.7 Å². The second-order valence-corrected chi connectivity index (χ2v) is 10.8. The summed E-state index contributed by atoms with van der Waals surface area (Å²) in [5.74, 6) is -0.692. The molecule has 0 radical (unpaired) electrons. The number of hydrogen-bond acceptors (Lipinski definition) is 7. The Labute approximate surface area is 203 Å². The van der Waals surface area contributed by atoms with E-state index in [4.69, 9.17) is 0 Å². The number of halogens is 1. The van der Waals surface area contributed by atoms with Crippen molar-refractivity contribution in [3.8, 4) is 16.8 Å². The average molecular weight is 502 g/mol. The highest BCUT2D eigenvalue weighted by atomic mass is 32.2. The summed E-state index contributed by atoms with van der Waals surface area (Å²) in [5.41, 5.74) is 2.58. The minimum absolute atomic E-state index is 0.191. The number of rotatable bonds is 7. The first-order chi connectivity index (χ1) is 16.6. The lowest BCUT2D eigenvalue weighted by Gasteiger charge is -2.34. The van der Waals surface area contributed by atoms with Crippen molar-refractivity contribution in [1.29, 1.82) is 0 Å². The van der Waals surface area contributed by atoms with Gasteiger partial charge in [0, 0.05) is 49.9 Å². The van der Waals surface area contributed by atoms with E-state index >= 15 is 0 Å². The summed E-state index contributed by atoms with van der Waals surface area (Å²) in [6, 6.07) is 9.78. The average Bonchev–Trinajstić information content (AvgIpc) is 3.33. The number of hydrogen-bond donors (Lipinski definition) is 1. The van der Waals surface area contributed by atoms with Crippen molar-refractivity contribution in [2.45, 2.75) is 19.9 Å². The number of aryl methyl sites for hydroxylation is 1. The molecule has 1 aliphatic heterocycles. The van der Waals surface area contributed by atoms with Gasteiger partial charge < -0.3 is 5.32 Å². The third-order valence-electron chi connectivity index (χ3n) is 5.94. The van der Waals surface area contributed by atoms with E-state index in [0.717, 1.165) is 5.56 Å². The number of benzene rings is 2. The van der Waals surface area contributed by atoms with Crippen molar-refractivity contribution >= 4 is 15.9 Å². The van der Waals surface area contributed by atoms with Gasteiger partial charge in [-0.2, -0.15) is 4.31 Å². The Bertz CT molecular complexity index is 1310. The first kappa shape index (κ1) is 24.9. The van der Waals surface area contributed by atoms with E-state index in [0.29, 0.717) is 55.1 Å². The van der Waals surface area contributed by atoms with Crippen molar-refractivity contribution in [2.24, 2.45) is 0 Å². The van der Waals surface area contributed by atoms with Gasteiger partial charge in [0.2, 0.25) is 10.0 Å². The van der Waals surface area contributed by atoms with Crippen LogP contribution in [0, 0.1) is 12.7 Å². The topological polar surface area (TPSA) is 113 Å². The molecule has 0 spiro atoms. The molecule has 1 amide bonds. The van der Waals surface area contributed by atoms with E-state index in [-0.39, 0.29) is 17.8 Å². The molecular formula is C23H28FN7O3S. The molecule has 1 unspecified atom stereocenters. The maximum Gasteiger partial charge on any atom is 0.251 e. The van der Waals surface area contributed by atoms with Crippen molar-refractivity contribution in [1.82, 2.24) is 34.7 Å². The van der Waals surface area contributed by atoms with Crippen molar-refractivity contribution in [3.63, 3.8) is 0 Å². The maximum absolute atomic E-state index is 14.7. The van der Waals surface area contributed by atoms with Gasteiger partial charge in [0.1, 0.15) is 12.1 Å². The molecule has 2 aromatic carbocycles. The lowest BCUT2D eigenvalue weighted by atomic mass is 10.00. The van der Waals surface area contributed by atoms with Crippen LogP contribution in [0.5, 0.6) is 0 Å². The number of sulfonamides is 1. The molecular weight excluding hydrogens is 473 g/mol. The summed E-state index contributed by atoms with van der Waals surface area (Å²) in [5, 5.41) is 14.2. The molecule has 0 bridgehead atoms. The molecule has 1 fully saturated rings. The lowest BCUT2D eigenvalue weighted by Crippen LogP contribution is -2.51. The van der Waals surface area contributed by atoms with Gasteiger partial charge in [-0.3, -0.25) is 9.69 Å². The Morgan fingerprint density at radius 3 is 2.51 bits per heavy atom. The highest BCUT2D eigenvalue weighted by Gasteiger charge is 2.24. The molecule has 12 heteroatoms. The molecule has 0 saturated carbocycles. The maximum atomic E-state index is 14.7. The summed E-state index contributed by atoms with van der Waals surface area (Å²) in [6.07, 6.45) is 2.62. The summed E-state index contributed by atoms with van der Waals surface area (Å²) < 4.78 is 41.0. The lowest BCUT2D eigenvalue weighted by molar-refractivity contribution is 0.0922. The van der Waals surface area contributed by atoms with E-state index < -0.39 is 10.0 Å². The third kappa shape index (κ3) is 6.08. The molecule has 1 aliphatic rings. The minimum atomic E-state index is -3.19. The number of carbonyl (C=O) groups excluding carboxylic acids is 1. The quantitative estimate of drug-likeness (QED) is 0.522. The largest absolute Gasteiger partial charge is 0.348 e. The monoisotopic (exact) mass is 501 g/mol. The van der Waals surface area contributed by atoms with Crippen LogP contribution in [0.2, 0.25) is 0 Å². The zero-order valence-electron chi connectivity index (χ0n) is 19.8. The van der Waals surface area contributed by atoms with E-state index in [1.807, 2.05) is 19.9 Å². The molecule has 186 valence electrons. The molecule has 4 rings (SSSR count). The Hall–Kier alpha value is -3.22. The van der Waals surface area contributed by atoms with Crippen LogP contribution >= 0.6 is 0 Å². The van der Waals surface area contributed by atoms with Gasteiger partial charge in [0.15, 0.2) is 0 Å².